The molecular formula is C21H36O4. The molecular weight excluding hydrogens is 316 g/mol. The van der Waals surface area contributed by atoms with Crippen molar-refractivity contribution in [1.82, 2.24) is 0 Å². The number of hydrogen-bond donors (Lipinski definition) is 0. The predicted molar refractivity (Wildman–Crippen MR) is 102 cm³/mol. The Balaban J connectivity index is 4.68. The largest absolute Gasteiger partial charge is 0.462 e. The van der Waals surface area contributed by atoms with E-state index in [1.54, 1.807) is 13.8 Å². The van der Waals surface area contributed by atoms with Gasteiger partial charge < -0.3 is 9.47 Å². The van der Waals surface area contributed by atoms with Crippen molar-refractivity contribution in [3.63, 3.8) is 0 Å². The first-order valence-corrected chi connectivity index (χ1v) is 9.15. The van der Waals surface area contributed by atoms with Crippen LogP contribution in [0.25, 0.3) is 0 Å². The van der Waals surface area contributed by atoms with E-state index in [-0.39, 0.29) is 17.4 Å². The zero-order valence-corrected chi connectivity index (χ0v) is 16.9. The molecule has 0 fully saturated rings. The van der Waals surface area contributed by atoms with Crippen LogP contribution in [0.3, 0.4) is 0 Å². The van der Waals surface area contributed by atoms with Crippen LogP contribution in [0.15, 0.2) is 24.3 Å². The minimum Gasteiger partial charge on any atom is -0.462 e. The fourth-order valence-corrected chi connectivity index (χ4v) is 2.75. The maximum Gasteiger partial charge on any atom is 0.333 e. The summed E-state index contributed by atoms with van der Waals surface area (Å²) in [7, 11) is 0. The van der Waals surface area contributed by atoms with Crippen molar-refractivity contribution in [2.24, 2.45) is 17.3 Å². The monoisotopic (exact) mass is 352 g/mol. The highest BCUT2D eigenvalue weighted by Crippen LogP contribution is 2.34. The zero-order valence-electron chi connectivity index (χ0n) is 16.9. The van der Waals surface area contributed by atoms with E-state index in [1.807, 2.05) is 0 Å². The first kappa shape index (κ1) is 23.4. The summed E-state index contributed by atoms with van der Waals surface area (Å²) < 4.78 is 10.5. The number of hydrogen-bond acceptors (Lipinski definition) is 4. The lowest BCUT2D eigenvalue weighted by atomic mass is 9.75. The molecule has 4 heteroatoms. The van der Waals surface area contributed by atoms with Gasteiger partial charge in [0.2, 0.25) is 0 Å². The Morgan fingerprint density at radius 3 is 1.68 bits per heavy atom. The molecule has 0 rings (SSSR count). The highest BCUT2D eigenvalue weighted by atomic mass is 16.5. The van der Waals surface area contributed by atoms with E-state index in [1.165, 1.54) is 0 Å². The van der Waals surface area contributed by atoms with Gasteiger partial charge in [0, 0.05) is 11.1 Å². The van der Waals surface area contributed by atoms with Crippen LogP contribution >= 0.6 is 0 Å². The summed E-state index contributed by atoms with van der Waals surface area (Å²) in [6.45, 7) is 20.2. The van der Waals surface area contributed by atoms with Crippen LogP contribution in [0.1, 0.15) is 67.2 Å². The van der Waals surface area contributed by atoms with Gasteiger partial charge in [-0.2, -0.15) is 0 Å². The average Bonchev–Trinajstić information content (AvgIpc) is 2.52. The summed E-state index contributed by atoms with van der Waals surface area (Å²) in [5.41, 5.74) is 1.08. The Kier molecular flexibility index (Phi) is 10.4. The van der Waals surface area contributed by atoms with Gasteiger partial charge >= 0.3 is 11.9 Å². The smallest absolute Gasteiger partial charge is 0.333 e. The Morgan fingerprint density at radius 2 is 1.36 bits per heavy atom. The van der Waals surface area contributed by atoms with Crippen molar-refractivity contribution < 1.29 is 19.1 Å². The minimum absolute atomic E-state index is 0.264. The zero-order chi connectivity index (χ0) is 19.6. The van der Waals surface area contributed by atoms with Gasteiger partial charge in [0.25, 0.3) is 0 Å². The number of esters is 2. The lowest BCUT2D eigenvalue weighted by Crippen LogP contribution is -2.24. The van der Waals surface area contributed by atoms with Crippen LogP contribution < -0.4 is 0 Å². The normalized spacial score (nSPS) is 12.6. The van der Waals surface area contributed by atoms with E-state index < -0.39 is 0 Å². The Bertz CT molecular complexity index is 444. The maximum absolute atomic E-state index is 11.5. The molecule has 0 aromatic rings. The Hall–Kier alpha value is -1.58. The van der Waals surface area contributed by atoms with E-state index in [9.17, 15) is 9.59 Å². The van der Waals surface area contributed by atoms with E-state index in [0.29, 0.717) is 36.2 Å². The van der Waals surface area contributed by atoms with Gasteiger partial charge in [-0.25, -0.2) is 9.59 Å². The van der Waals surface area contributed by atoms with Crippen molar-refractivity contribution >= 4 is 11.9 Å². The Morgan fingerprint density at radius 1 is 0.960 bits per heavy atom. The number of ether oxygens (including phenoxy) is 2. The first-order chi connectivity index (χ1) is 11.5. The van der Waals surface area contributed by atoms with Crippen molar-refractivity contribution in [3.05, 3.63) is 24.3 Å². The summed E-state index contributed by atoms with van der Waals surface area (Å²) >= 11 is 0. The Labute approximate surface area is 153 Å². The van der Waals surface area contributed by atoms with Crippen LogP contribution in [0.5, 0.6) is 0 Å². The SMILES string of the molecule is C=C(C)C(=O)OCCC(CCOC(=O)C(=C)C)C(C)CC(C)(C)CC. The van der Waals surface area contributed by atoms with E-state index in [4.69, 9.17) is 9.47 Å². The molecule has 0 saturated heterocycles. The van der Waals surface area contributed by atoms with Gasteiger partial charge in [-0.1, -0.05) is 47.3 Å². The number of carbonyl (C=O) groups is 2. The van der Waals surface area contributed by atoms with Gasteiger partial charge in [-0.3, -0.25) is 0 Å². The molecule has 0 N–H and O–H groups in total. The number of carbonyl (C=O) groups excluding carboxylic acids is 2. The van der Waals surface area contributed by atoms with Crippen LogP contribution in [0.2, 0.25) is 0 Å². The summed E-state index contributed by atoms with van der Waals surface area (Å²) in [6.07, 6.45) is 3.70. The molecule has 0 aromatic carbocycles. The van der Waals surface area contributed by atoms with E-state index in [2.05, 4.69) is 40.9 Å². The molecule has 0 aliphatic carbocycles. The lowest BCUT2D eigenvalue weighted by molar-refractivity contribution is -0.139. The molecule has 0 amide bonds. The molecule has 0 aliphatic rings. The molecule has 0 heterocycles. The molecule has 1 unspecified atom stereocenters. The molecule has 0 bridgehead atoms. The summed E-state index contributed by atoms with van der Waals surface area (Å²) in [4.78, 5) is 23.1. The van der Waals surface area contributed by atoms with Crippen molar-refractivity contribution in [2.45, 2.75) is 67.2 Å². The highest BCUT2D eigenvalue weighted by Gasteiger charge is 2.25. The fourth-order valence-electron chi connectivity index (χ4n) is 2.75. The molecule has 144 valence electrons. The molecule has 25 heavy (non-hydrogen) atoms. The third kappa shape index (κ3) is 10.1. The average molecular weight is 353 g/mol. The maximum atomic E-state index is 11.5. The molecule has 0 saturated carbocycles. The molecule has 1 atom stereocenters. The van der Waals surface area contributed by atoms with Crippen LogP contribution in [-0.2, 0) is 19.1 Å². The third-order valence-electron chi connectivity index (χ3n) is 4.78. The van der Waals surface area contributed by atoms with Crippen molar-refractivity contribution in [3.8, 4) is 0 Å². The van der Waals surface area contributed by atoms with Crippen molar-refractivity contribution in [2.75, 3.05) is 13.2 Å². The lowest BCUT2D eigenvalue weighted by Gasteiger charge is -2.31. The van der Waals surface area contributed by atoms with Gasteiger partial charge in [0.1, 0.15) is 0 Å². The van der Waals surface area contributed by atoms with E-state index in [0.717, 1.165) is 25.7 Å². The molecule has 0 aromatic heterocycles. The molecule has 0 aliphatic heterocycles. The van der Waals surface area contributed by atoms with Crippen LogP contribution in [0.4, 0.5) is 0 Å². The van der Waals surface area contributed by atoms with E-state index >= 15 is 0 Å². The summed E-state index contributed by atoms with van der Waals surface area (Å²) in [5, 5.41) is 0. The van der Waals surface area contributed by atoms with Gasteiger partial charge in [0.15, 0.2) is 0 Å². The van der Waals surface area contributed by atoms with Gasteiger partial charge in [-0.15, -0.1) is 0 Å². The third-order valence-corrected chi connectivity index (χ3v) is 4.78. The minimum atomic E-state index is -0.353. The highest BCUT2D eigenvalue weighted by molar-refractivity contribution is 5.87. The molecule has 0 spiro atoms. The summed E-state index contributed by atoms with van der Waals surface area (Å²) in [6, 6.07) is 0. The standard InChI is InChI=1S/C21H36O4/c1-9-21(7,8)14-17(6)18(10-12-24-19(22)15(2)3)11-13-25-20(23)16(4)5/h17-18H,2,4,9-14H2,1,3,5-8H3. The van der Waals surface area contributed by atoms with Crippen molar-refractivity contribution in [1.29, 1.82) is 0 Å². The molecule has 0 radical (unpaired) electrons. The second-order valence-corrected chi connectivity index (χ2v) is 7.87. The summed E-state index contributed by atoms with van der Waals surface area (Å²) in [5.74, 6) is 0.0617. The van der Waals surface area contributed by atoms with Gasteiger partial charge in [-0.05, 0) is 50.4 Å². The molecule has 4 nitrogen and oxygen atoms in total. The topological polar surface area (TPSA) is 52.6 Å². The second kappa shape index (κ2) is 11.1. The second-order valence-electron chi connectivity index (χ2n) is 7.87. The fraction of sp³-hybridized carbons (Fsp3) is 0.714. The first-order valence-electron chi connectivity index (χ1n) is 9.15. The quantitative estimate of drug-likeness (QED) is 0.363. The number of rotatable bonds is 12. The van der Waals surface area contributed by atoms with Gasteiger partial charge in [0.05, 0.1) is 13.2 Å². The predicted octanol–water partition coefficient (Wildman–Crippen LogP) is 5.08. The van der Waals surface area contributed by atoms with Crippen LogP contribution in [-0.4, -0.2) is 25.2 Å². The van der Waals surface area contributed by atoms with Crippen LogP contribution in [0, 0.1) is 17.3 Å².